The number of pyridine rings is 1. The first-order valence-corrected chi connectivity index (χ1v) is 7.36. The lowest BCUT2D eigenvalue weighted by Gasteiger charge is -2.20. The van der Waals surface area contributed by atoms with E-state index in [4.69, 9.17) is 11.5 Å². The van der Waals surface area contributed by atoms with Crippen LogP contribution in [0.15, 0.2) is 47.6 Å². The van der Waals surface area contributed by atoms with Crippen LogP contribution in [-0.4, -0.2) is 26.4 Å². The van der Waals surface area contributed by atoms with Crippen molar-refractivity contribution in [2.75, 3.05) is 17.1 Å². The monoisotopic (exact) mass is 306 g/mol. The van der Waals surface area contributed by atoms with Crippen molar-refractivity contribution in [3.05, 3.63) is 48.3 Å². The van der Waals surface area contributed by atoms with Gasteiger partial charge in [-0.05, 0) is 30.3 Å². The zero-order valence-electron chi connectivity index (χ0n) is 11.2. The van der Waals surface area contributed by atoms with Gasteiger partial charge in [0.1, 0.15) is 4.90 Å². The third-order valence-corrected chi connectivity index (χ3v) is 4.82. The maximum atomic E-state index is 12.5. The van der Waals surface area contributed by atoms with E-state index < -0.39 is 15.9 Å². The number of hydrogen-bond acceptors (Lipinski definition) is 5. The molecule has 21 heavy (non-hydrogen) atoms. The Hall–Kier alpha value is -2.61. The second-order valence-electron chi connectivity index (χ2n) is 4.29. The van der Waals surface area contributed by atoms with E-state index in [0.29, 0.717) is 5.69 Å². The van der Waals surface area contributed by atoms with E-state index in [-0.39, 0.29) is 16.1 Å². The summed E-state index contributed by atoms with van der Waals surface area (Å²) in [6, 6.07) is 6.96. The summed E-state index contributed by atoms with van der Waals surface area (Å²) in [6.45, 7) is 0. The first-order chi connectivity index (χ1) is 9.84. The Morgan fingerprint density at radius 1 is 1.19 bits per heavy atom. The predicted molar refractivity (Wildman–Crippen MR) is 79.2 cm³/mol. The van der Waals surface area contributed by atoms with Crippen molar-refractivity contribution >= 4 is 27.3 Å². The number of nitrogens with two attached hydrogens (primary N) is 2. The molecular formula is C13H14N4O3S. The molecule has 0 unspecified atom stereocenters. The van der Waals surface area contributed by atoms with Crippen molar-refractivity contribution in [3.63, 3.8) is 0 Å². The predicted octanol–water partition coefficient (Wildman–Crippen LogP) is 0.588. The first-order valence-electron chi connectivity index (χ1n) is 5.92. The van der Waals surface area contributed by atoms with Crippen molar-refractivity contribution in [2.45, 2.75) is 4.90 Å². The van der Waals surface area contributed by atoms with Gasteiger partial charge in [-0.3, -0.25) is 14.1 Å². The minimum atomic E-state index is -3.84. The van der Waals surface area contributed by atoms with Crippen LogP contribution in [0.25, 0.3) is 0 Å². The van der Waals surface area contributed by atoms with Gasteiger partial charge in [0.25, 0.3) is 10.0 Å². The van der Waals surface area contributed by atoms with Crippen LogP contribution in [0, 0.1) is 0 Å². The Kier molecular flexibility index (Phi) is 3.81. The lowest BCUT2D eigenvalue weighted by atomic mass is 10.2. The van der Waals surface area contributed by atoms with Gasteiger partial charge in [-0.1, -0.05) is 0 Å². The van der Waals surface area contributed by atoms with E-state index in [2.05, 4.69) is 4.98 Å². The van der Waals surface area contributed by atoms with Crippen LogP contribution in [0.3, 0.4) is 0 Å². The number of sulfonamides is 1. The molecule has 2 aromatic rings. The fourth-order valence-electron chi connectivity index (χ4n) is 1.78. The molecule has 2 rings (SSSR count). The molecule has 1 heterocycles. The number of nitrogens with zero attached hydrogens (tertiary/aromatic N) is 2. The van der Waals surface area contributed by atoms with Crippen molar-refractivity contribution in [3.8, 4) is 0 Å². The third-order valence-electron chi connectivity index (χ3n) is 2.96. The van der Waals surface area contributed by atoms with Crippen LogP contribution in [0.5, 0.6) is 0 Å². The standard InChI is InChI=1S/C13H14N4O3S/c1-17(10-4-6-16-7-5-10)21(19,20)12-3-2-9(13(15)18)8-11(12)14/h2-8H,14H2,1H3,(H2,15,18). The SMILES string of the molecule is CN(c1ccncc1)S(=O)(=O)c1ccc(C(N)=O)cc1N. The molecule has 0 saturated heterocycles. The van der Waals surface area contributed by atoms with E-state index >= 15 is 0 Å². The maximum absolute atomic E-state index is 12.5. The molecular weight excluding hydrogens is 292 g/mol. The number of primary amides is 1. The third kappa shape index (κ3) is 2.79. The largest absolute Gasteiger partial charge is 0.398 e. The van der Waals surface area contributed by atoms with Gasteiger partial charge in [0.2, 0.25) is 5.91 Å². The zero-order valence-corrected chi connectivity index (χ0v) is 12.0. The molecule has 110 valence electrons. The van der Waals surface area contributed by atoms with Gasteiger partial charge < -0.3 is 11.5 Å². The number of anilines is 2. The summed E-state index contributed by atoms with van der Waals surface area (Å²) in [4.78, 5) is 14.8. The van der Waals surface area contributed by atoms with Gasteiger partial charge in [-0.25, -0.2) is 8.42 Å². The quantitative estimate of drug-likeness (QED) is 0.801. The summed E-state index contributed by atoms with van der Waals surface area (Å²) in [5.41, 5.74) is 11.4. The van der Waals surface area contributed by atoms with Crippen LogP contribution in [0.2, 0.25) is 0 Å². The second-order valence-corrected chi connectivity index (χ2v) is 6.23. The highest BCUT2D eigenvalue weighted by Gasteiger charge is 2.24. The molecule has 4 N–H and O–H groups in total. The van der Waals surface area contributed by atoms with Crippen LogP contribution >= 0.6 is 0 Å². The molecule has 1 amide bonds. The van der Waals surface area contributed by atoms with Gasteiger partial charge in [0.05, 0.1) is 11.4 Å². The molecule has 8 heteroatoms. The molecule has 0 aliphatic rings. The molecule has 0 aliphatic heterocycles. The minimum absolute atomic E-state index is 0.0350. The summed E-state index contributed by atoms with van der Waals surface area (Å²) in [5.74, 6) is -0.673. The van der Waals surface area contributed by atoms with Crippen molar-refractivity contribution in [1.82, 2.24) is 4.98 Å². The average Bonchev–Trinajstić information content (AvgIpc) is 2.46. The zero-order chi connectivity index (χ0) is 15.6. The maximum Gasteiger partial charge on any atom is 0.266 e. The average molecular weight is 306 g/mol. The van der Waals surface area contributed by atoms with E-state index in [1.807, 2.05) is 0 Å². The fraction of sp³-hybridized carbons (Fsp3) is 0.0769. The summed E-state index contributed by atoms with van der Waals surface area (Å²) >= 11 is 0. The molecule has 7 nitrogen and oxygen atoms in total. The highest BCUT2D eigenvalue weighted by molar-refractivity contribution is 7.93. The number of benzene rings is 1. The minimum Gasteiger partial charge on any atom is -0.398 e. The number of rotatable bonds is 4. The van der Waals surface area contributed by atoms with Crippen LogP contribution in [0.4, 0.5) is 11.4 Å². The molecule has 0 bridgehead atoms. The van der Waals surface area contributed by atoms with E-state index in [1.54, 1.807) is 12.1 Å². The number of aromatic nitrogens is 1. The van der Waals surface area contributed by atoms with Crippen LogP contribution in [0.1, 0.15) is 10.4 Å². The summed E-state index contributed by atoms with van der Waals surface area (Å²) in [7, 11) is -2.43. The van der Waals surface area contributed by atoms with E-state index in [9.17, 15) is 13.2 Å². The van der Waals surface area contributed by atoms with Gasteiger partial charge in [0, 0.05) is 25.0 Å². The van der Waals surface area contributed by atoms with Crippen LogP contribution in [-0.2, 0) is 10.0 Å². The van der Waals surface area contributed by atoms with Gasteiger partial charge in [0.15, 0.2) is 0 Å². The van der Waals surface area contributed by atoms with Gasteiger partial charge >= 0.3 is 0 Å². The van der Waals surface area contributed by atoms with Gasteiger partial charge in [-0.2, -0.15) is 0 Å². The Balaban J connectivity index is 2.47. The first kappa shape index (κ1) is 14.8. The summed E-state index contributed by atoms with van der Waals surface area (Å²) in [5, 5.41) is 0. The van der Waals surface area contributed by atoms with Crippen molar-refractivity contribution in [1.29, 1.82) is 0 Å². The fourth-order valence-corrected chi connectivity index (χ4v) is 3.07. The van der Waals surface area contributed by atoms with Crippen LogP contribution < -0.4 is 15.8 Å². The molecule has 0 fully saturated rings. The summed E-state index contributed by atoms with van der Waals surface area (Å²) < 4.78 is 26.2. The van der Waals surface area contributed by atoms with E-state index in [0.717, 1.165) is 4.31 Å². The molecule has 1 aromatic carbocycles. The Bertz CT molecular complexity index is 775. The number of carbonyl (C=O) groups is 1. The topological polar surface area (TPSA) is 119 Å². The number of hydrogen-bond donors (Lipinski definition) is 2. The molecule has 0 atom stereocenters. The number of amides is 1. The molecule has 0 saturated carbocycles. The lowest BCUT2D eigenvalue weighted by Crippen LogP contribution is -2.27. The molecule has 0 spiro atoms. The van der Waals surface area contributed by atoms with Crippen molar-refractivity contribution in [2.24, 2.45) is 5.73 Å². The lowest BCUT2D eigenvalue weighted by molar-refractivity contribution is 0.1000. The Labute approximate surface area is 122 Å². The molecule has 0 aliphatic carbocycles. The Morgan fingerprint density at radius 2 is 1.81 bits per heavy atom. The normalized spacial score (nSPS) is 11.1. The molecule has 1 aromatic heterocycles. The molecule has 0 radical (unpaired) electrons. The number of nitrogen functional groups attached to an aromatic ring is 1. The van der Waals surface area contributed by atoms with E-state index in [1.165, 1.54) is 37.6 Å². The Morgan fingerprint density at radius 3 is 2.33 bits per heavy atom. The smallest absolute Gasteiger partial charge is 0.266 e. The highest BCUT2D eigenvalue weighted by Crippen LogP contribution is 2.26. The highest BCUT2D eigenvalue weighted by atomic mass is 32.2. The number of carbonyl (C=O) groups excluding carboxylic acids is 1. The van der Waals surface area contributed by atoms with Crippen molar-refractivity contribution < 1.29 is 13.2 Å². The van der Waals surface area contributed by atoms with Gasteiger partial charge in [-0.15, -0.1) is 0 Å². The summed E-state index contributed by atoms with van der Waals surface area (Å²) in [6.07, 6.45) is 2.97. The second kappa shape index (κ2) is 5.41.